The predicted octanol–water partition coefficient (Wildman–Crippen LogP) is 7.28. The number of benzene rings is 2. The molecule has 1 aromatic heterocycles. The van der Waals surface area contributed by atoms with Crippen molar-refractivity contribution >= 4 is 23.1 Å². The Labute approximate surface area is 186 Å². The average Bonchev–Trinajstić information content (AvgIpc) is 2.77. The van der Waals surface area contributed by atoms with E-state index in [1.165, 1.54) is 5.56 Å². The standard InChI is InChI=1S/C24H27F3N4O/c1-4-13-32-20-8-6-7-19(14-20)29-22-21(24(25,26)27)15-28-23(31-22)30-18-11-9-17(10-12-18)16(3)5-2/h6-12,14-16H,4-5,13H2,1-3H3,(H2,28,29,30,31). The Morgan fingerprint density at radius 1 is 1.00 bits per heavy atom. The highest BCUT2D eigenvalue weighted by molar-refractivity contribution is 5.64. The van der Waals surface area contributed by atoms with Crippen LogP contribution in [0.4, 0.5) is 36.3 Å². The van der Waals surface area contributed by atoms with E-state index in [2.05, 4.69) is 34.4 Å². The molecule has 0 fully saturated rings. The number of anilines is 4. The van der Waals surface area contributed by atoms with Crippen molar-refractivity contribution in [2.75, 3.05) is 17.2 Å². The second kappa shape index (κ2) is 10.3. The summed E-state index contributed by atoms with van der Waals surface area (Å²) >= 11 is 0. The van der Waals surface area contributed by atoms with Crippen molar-refractivity contribution < 1.29 is 17.9 Å². The maximum absolute atomic E-state index is 13.5. The van der Waals surface area contributed by atoms with Crippen LogP contribution in [0.25, 0.3) is 0 Å². The first kappa shape index (κ1) is 23.4. The molecule has 170 valence electrons. The third-order valence-corrected chi connectivity index (χ3v) is 5.01. The van der Waals surface area contributed by atoms with E-state index in [0.29, 0.717) is 29.6 Å². The fourth-order valence-corrected chi connectivity index (χ4v) is 3.02. The number of nitrogens with zero attached hydrogens (tertiary/aromatic N) is 2. The zero-order valence-corrected chi connectivity index (χ0v) is 18.3. The lowest BCUT2D eigenvalue weighted by molar-refractivity contribution is -0.137. The second-order valence-corrected chi connectivity index (χ2v) is 7.51. The first-order chi connectivity index (χ1) is 15.3. The molecule has 3 aromatic rings. The number of halogens is 3. The molecule has 0 saturated heterocycles. The number of ether oxygens (including phenoxy) is 1. The molecule has 0 saturated carbocycles. The summed E-state index contributed by atoms with van der Waals surface area (Å²) in [6.45, 7) is 6.76. The Balaban J connectivity index is 1.85. The Kier molecular flexibility index (Phi) is 7.56. The van der Waals surface area contributed by atoms with E-state index < -0.39 is 11.7 Å². The third kappa shape index (κ3) is 6.12. The molecule has 3 rings (SSSR count). The molecular formula is C24H27F3N4O. The van der Waals surface area contributed by atoms with Gasteiger partial charge in [-0.2, -0.15) is 18.2 Å². The first-order valence-electron chi connectivity index (χ1n) is 10.6. The average molecular weight is 445 g/mol. The Bertz CT molecular complexity index is 1020. The lowest BCUT2D eigenvalue weighted by Gasteiger charge is -2.16. The quantitative estimate of drug-likeness (QED) is 0.363. The lowest BCUT2D eigenvalue weighted by Crippen LogP contribution is -2.12. The van der Waals surface area contributed by atoms with Gasteiger partial charge in [-0.05, 0) is 48.6 Å². The zero-order chi connectivity index (χ0) is 23.1. The first-order valence-corrected chi connectivity index (χ1v) is 10.6. The van der Waals surface area contributed by atoms with Gasteiger partial charge < -0.3 is 15.4 Å². The van der Waals surface area contributed by atoms with E-state index in [1.807, 2.05) is 31.2 Å². The second-order valence-electron chi connectivity index (χ2n) is 7.51. The molecule has 0 aliphatic rings. The lowest BCUT2D eigenvalue weighted by atomic mass is 9.99. The molecule has 0 bridgehead atoms. The molecule has 0 aliphatic heterocycles. The van der Waals surface area contributed by atoms with Gasteiger partial charge in [0.25, 0.3) is 0 Å². The van der Waals surface area contributed by atoms with Crippen LogP contribution < -0.4 is 15.4 Å². The van der Waals surface area contributed by atoms with Gasteiger partial charge in [-0.1, -0.05) is 39.0 Å². The van der Waals surface area contributed by atoms with Gasteiger partial charge in [-0.3, -0.25) is 0 Å². The van der Waals surface area contributed by atoms with Crippen LogP contribution in [-0.2, 0) is 6.18 Å². The van der Waals surface area contributed by atoms with E-state index in [-0.39, 0.29) is 11.8 Å². The number of rotatable bonds is 9. The molecule has 1 atom stereocenters. The highest BCUT2D eigenvalue weighted by Crippen LogP contribution is 2.35. The van der Waals surface area contributed by atoms with Crippen LogP contribution in [0, 0.1) is 0 Å². The van der Waals surface area contributed by atoms with Gasteiger partial charge in [-0.15, -0.1) is 0 Å². The summed E-state index contributed by atoms with van der Waals surface area (Å²) in [6.07, 6.45) is -1.97. The number of aromatic nitrogens is 2. The minimum Gasteiger partial charge on any atom is -0.494 e. The molecule has 0 amide bonds. The van der Waals surface area contributed by atoms with Gasteiger partial charge in [0.05, 0.1) is 6.61 Å². The molecule has 1 heterocycles. The molecular weight excluding hydrogens is 417 g/mol. The summed E-state index contributed by atoms with van der Waals surface area (Å²) in [4.78, 5) is 7.97. The largest absolute Gasteiger partial charge is 0.494 e. The van der Waals surface area contributed by atoms with Crippen LogP contribution >= 0.6 is 0 Å². The SMILES string of the molecule is CCCOc1cccc(Nc2nc(Nc3ccc(C(C)CC)cc3)ncc2C(F)(F)F)c1. The highest BCUT2D eigenvalue weighted by atomic mass is 19.4. The molecule has 5 nitrogen and oxygen atoms in total. The fraction of sp³-hybridized carbons (Fsp3) is 0.333. The summed E-state index contributed by atoms with van der Waals surface area (Å²) in [7, 11) is 0. The predicted molar refractivity (Wildman–Crippen MR) is 121 cm³/mol. The number of nitrogens with one attached hydrogen (secondary N) is 2. The summed E-state index contributed by atoms with van der Waals surface area (Å²) in [5.41, 5.74) is 1.37. The van der Waals surface area contributed by atoms with Gasteiger partial charge in [0.1, 0.15) is 17.1 Å². The van der Waals surface area contributed by atoms with Crippen molar-refractivity contribution in [1.82, 2.24) is 9.97 Å². The normalized spacial score (nSPS) is 12.3. The highest BCUT2D eigenvalue weighted by Gasteiger charge is 2.35. The van der Waals surface area contributed by atoms with Crippen molar-refractivity contribution in [2.24, 2.45) is 0 Å². The van der Waals surface area contributed by atoms with Crippen molar-refractivity contribution in [2.45, 2.75) is 45.7 Å². The van der Waals surface area contributed by atoms with E-state index in [4.69, 9.17) is 4.74 Å². The van der Waals surface area contributed by atoms with Crippen molar-refractivity contribution in [3.8, 4) is 5.75 Å². The number of alkyl halides is 3. The van der Waals surface area contributed by atoms with Gasteiger partial charge in [-0.25, -0.2) is 4.98 Å². The van der Waals surface area contributed by atoms with Gasteiger partial charge in [0.15, 0.2) is 0 Å². The Morgan fingerprint density at radius 3 is 2.41 bits per heavy atom. The monoisotopic (exact) mass is 444 g/mol. The van der Waals surface area contributed by atoms with E-state index in [0.717, 1.165) is 19.0 Å². The van der Waals surface area contributed by atoms with Crippen LogP contribution in [0.15, 0.2) is 54.7 Å². The maximum atomic E-state index is 13.5. The molecule has 8 heteroatoms. The van der Waals surface area contributed by atoms with Crippen LogP contribution in [0.3, 0.4) is 0 Å². The molecule has 1 unspecified atom stereocenters. The van der Waals surface area contributed by atoms with Gasteiger partial charge in [0.2, 0.25) is 5.95 Å². The van der Waals surface area contributed by atoms with Crippen LogP contribution in [0.1, 0.15) is 50.7 Å². The third-order valence-electron chi connectivity index (χ3n) is 5.01. The topological polar surface area (TPSA) is 59.1 Å². The zero-order valence-electron chi connectivity index (χ0n) is 18.3. The molecule has 2 aromatic carbocycles. The Hall–Kier alpha value is -3.29. The van der Waals surface area contributed by atoms with Gasteiger partial charge >= 0.3 is 6.18 Å². The maximum Gasteiger partial charge on any atom is 0.421 e. The number of hydrogen-bond donors (Lipinski definition) is 2. The number of hydrogen-bond acceptors (Lipinski definition) is 5. The summed E-state index contributed by atoms with van der Waals surface area (Å²) in [5.74, 6) is 0.729. The van der Waals surface area contributed by atoms with Crippen molar-refractivity contribution in [3.63, 3.8) is 0 Å². The fourth-order valence-electron chi connectivity index (χ4n) is 3.02. The molecule has 0 aliphatic carbocycles. The summed E-state index contributed by atoms with van der Waals surface area (Å²) in [5, 5.41) is 5.74. The Morgan fingerprint density at radius 2 is 1.75 bits per heavy atom. The van der Waals surface area contributed by atoms with Crippen molar-refractivity contribution in [1.29, 1.82) is 0 Å². The van der Waals surface area contributed by atoms with Crippen LogP contribution in [0.2, 0.25) is 0 Å². The summed E-state index contributed by atoms with van der Waals surface area (Å²) in [6, 6.07) is 14.5. The minimum absolute atomic E-state index is 0.0650. The minimum atomic E-state index is -4.60. The van der Waals surface area contributed by atoms with Gasteiger partial charge in [0, 0.05) is 23.6 Å². The van der Waals surface area contributed by atoms with E-state index in [1.54, 1.807) is 24.3 Å². The van der Waals surface area contributed by atoms with E-state index >= 15 is 0 Å². The molecule has 32 heavy (non-hydrogen) atoms. The van der Waals surface area contributed by atoms with E-state index in [9.17, 15) is 13.2 Å². The smallest absolute Gasteiger partial charge is 0.421 e. The summed E-state index contributed by atoms with van der Waals surface area (Å²) < 4.78 is 46.2. The molecule has 0 spiro atoms. The molecule has 0 radical (unpaired) electrons. The van der Waals surface area contributed by atoms with Crippen LogP contribution in [0.5, 0.6) is 5.75 Å². The van der Waals surface area contributed by atoms with Crippen LogP contribution in [-0.4, -0.2) is 16.6 Å². The molecule has 2 N–H and O–H groups in total. The van der Waals surface area contributed by atoms with Crippen molar-refractivity contribution in [3.05, 3.63) is 65.9 Å².